The van der Waals surface area contributed by atoms with Crippen molar-refractivity contribution in [3.8, 4) is 5.75 Å². The second-order valence-electron chi connectivity index (χ2n) is 12.0. The lowest BCUT2D eigenvalue weighted by Gasteiger charge is -2.28. The summed E-state index contributed by atoms with van der Waals surface area (Å²) >= 11 is 0. The number of aryl methyl sites for hydroxylation is 1. The molecule has 1 unspecified atom stereocenters. The van der Waals surface area contributed by atoms with Crippen molar-refractivity contribution in [3.05, 3.63) is 66.2 Å². The maximum absolute atomic E-state index is 10.2. The first-order chi connectivity index (χ1) is 18.5. The van der Waals surface area contributed by atoms with Crippen LogP contribution in [0.2, 0.25) is 0 Å². The third-order valence-electron chi connectivity index (χ3n) is 6.85. The zero-order chi connectivity index (χ0) is 30.8. The number of aliphatic hydroxyl groups is 2. The SMILES string of the molecule is CC(C)(CC(O)COc1ccccc1)OCCCc1ccccc1.CC(C)C(C)(C)CCO.CC(C)P(=O)(O)O. The van der Waals surface area contributed by atoms with Gasteiger partial charge in [0.25, 0.3) is 0 Å². The minimum atomic E-state index is -3.74. The molecule has 0 aliphatic rings. The molecule has 0 aliphatic heterocycles. The molecule has 8 heteroatoms. The van der Waals surface area contributed by atoms with Crippen LogP contribution in [0.3, 0.4) is 0 Å². The van der Waals surface area contributed by atoms with Crippen LogP contribution < -0.4 is 4.74 Å². The lowest BCUT2D eigenvalue weighted by Crippen LogP contribution is -2.33. The molecular formula is C32H55O7P. The van der Waals surface area contributed by atoms with E-state index in [1.165, 1.54) is 19.4 Å². The zero-order valence-electron chi connectivity index (χ0n) is 25.9. The van der Waals surface area contributed by atoms with Gasteiger partial charge >= 0.3 is 7.60 Å². The first kappa shape index (κ1) is 38.3. The summed E-state index contributed by atoms with van der Waals surface area (Å²) in [6.07, 6.45) is 2.89. The number of para-hydroxylation sites is 1. The second-order valence-corrected chi connectivity index (χ2v) is 14.2. The molecule has 2 aromatic carbocycles. The maximum Gasteiger partial charge on any atom is 0.328 e. The van der Waals surface area contributed by atoms with Crippen LogP contribution in [0.1, 0.15) is 80.2 Å². The third-order valence-corrected chi connectivity index (χ3v) is 8.20. The molecule has 0 saturated carbocycles. The Labute approximate surface area is 243 Å². The molecular weight excluding hydrogens is 527 g/mol. The molecule has 0 bridgehead atoms. The van der Waals surface area contributed by atoms with Crippen molar-refractivity contribution < 1.29 is 34.0 Å². The van der Waals surface area contributed by atoms with Gasteiger partial charge in [0.1, 0.15) is 12.4 Å². The van der Waals surface area contributed by atoms with Crippen LogP contribution >= 0.6 is 7.60 Å². The topological polar surface area (TPSA) is 116 Å². The van der Waals surface area contributed by atoms with Crippen LogP contribution in [-0.4, -0.2) is 57.2 Å². The van der Waals surface area contributed by atoms with Crippen LogP contribution in [0, 0.1) is 11.3 Å². The van der Waals surface area contributed by atoms with Gasteiger partial charge in [-0.05, 0) is 62.1 Å². The van der Waals surface area contributed by atoms with Gasteiger partial charge in [-0.2, -0.15) is 0 Å². The lowest BCUT2D eigenvalue weighted by atomic mass is 9.79. The minimum absolute atomic E-state index is 0.279. The molecule has 1 atom stereocenters. The highest BCUT2D eigenvalue weighted by Gasteiger charge is 2.23. The van der Waals surface area contributed by atoms with Crippen LogP contribution in [-0.2, 0) is 15.7 Å². The van der Waals surface area contributed by atoms with E-state index in [0.29, 0.717) is 31.0 Å². The van der Waals surface area contributed by atoms with E-state index in [1.807, 2.05) is 50.2 Å². The van der Waals surface area contributed by atoms with Crippen molar-refractivity contribution in [2.24, 2.45) is 11.3 Å². The summed E-state index contributed by atoms with van der Waals surface area (Å²) in [5, 5.41) is 18.8. The van der Waals surface area contributed by atoms with E-state index in [9.17, 15) is 9.67 Å². The molecule has 4 N–H and O–H groups in total. The summed E-state index contributed by atoms with van der Waals surface area (Å²) < 4.78 is 21.6. The molecule has 0 radical (unpaired) electrons. The zero-order valence-corrected chi connectivity index (χ0v) is 26.8. The molecule has 0 spiro atoms. The van der Waals surface area contributed by atoms with E-state index >= 15 is 0 Å². The monoisotopic (exact) mass is 582 g/mol. The fraction of sp³-hybridized carbons (Fsp3) is 0.625. The van der Waals surface area contributed by atoms with Gasteiger partial charge in [-0.15, -0.1) is 0 Å². The molecule has 0 saturated heterocycles. The fourth-order valence-corrected chi connectivity index (χ4v) is 3.24. The van der Waals surface area contributed by atoms with Crippen molar-refractivity contribution >= 4 is 7.60 Å². The van der Waals surface area contributed by atoms with E-state index in [4.69, 9.17) is 24.4 Å². The Bertz CT molecular complexity index is 925. The number of aliphatic hydroxyl groups excluding tert-OH is 2. The molecule has 0 heterocycles. The summed E-state index contributed by atoms with van der Waals surface area (Å²) in [7, 11) is -3.74. The summed E-state index contributed by atoms with van der Waals surface area (Å²) in [5.74, 6) is 1.43. The van der Waals surface area contributed by atoms with Crippen molar-refractivity contribution in [1.29, 1.82) is 0 Å². The van der Waals surface area contributed by atoms with E-state index < -0.39 is 19.4 Å². The number of ether oxygens (including phenoxy) is 2. The normalized spacial score (nSPS) is 12.8. The van der Waals surface area contributed by atoms with Gasteiger partial charge in [-0.25, -0.2) is 0 Å². The van der Waals surface area contributed by atoms with Crippen molar-refractivity contribution in [2.75, 3.05) is 19.8 Å². The fourth-order valence-electron chi connectivity index (χ4n) is 3.24. The summed E-state index contributed by atoms with van der Waals surface area (Å²) in [6.45, 7) is 17.0. The van der Waals surface area contributed by atoms with E-state index in [-0.39, 0.29) is 12.2 Å². The molecule has 230 valence electrons. The molecule has 0 aromatic heterocycles. The van der Waals surface area contributed by atoms with Gasteiger partial charge < -0.3 is 29.5 Å². The first-order valence-electron chi connectivity index (χ1n) is 14.2. The van der Waals surface area contributed by atoms with Gasteiger partial charge in [0.2, 0.25) is 0 Å². The van der Waals surface area contributed by atoms with Crippen molar-refractivity contribution in [1.82, 2.24) is 0 Å². The Morgan fingerprint density at radius 2 is 1.38 bits per heavy atom. The Morgan fingerprint density at radius 3 is 1.80 bits per heavy atom. The second kappa shape index (κ2) is 19.4. The van der Waals surface area contributed by atoms with E-state index in [1.54, 1.807) is 0 Å². The first-order valence-corrected chi connectivity index (χ1v) is 15.9. The van der Waals surface area contributed by atoms with Gasteiger partial charge in [0.05, 0.1) is 17.4 Å². The number of hydrogen-bond donors (Lipinski definition) is 4. The quantitative estimate of drug-likeness (QED) is 0.142. The Morgan fingerprint density at radius 1 is 0.875 bits per heavy atom. The van der Waals surface area contributed by atoms with Gasteiger partial charge in [-0.3, -0.25) is 4.57 Å². The number of benzene rings is 2. The average molecular weight is 583 g/mol. The summed E-state index contributed by atoms with van der Waals surface area (Å²) in [6, 6.07) is 20.0. The molecule has 0 amide bonds. The molecule has 0 aliphatic carbocycles. The average Bonchev–Trinajstić information content (AvgIpc) is 2.86. The maximum atomic E-state index is 10.2. The van der Waals surface area contributed by atoms with Crippen molar-refractivity contribution in [3.63, 3.8) is 0 Å². The third kappa shape index (κ3) is 19.4. The highest BCUT2D eigenvalue weighted by Crippen LogP contribution is 2.40. The van der Waals surface area contributed by atoms with Crippen LogP contribution in [0.4, 0.5) is 0 Å². The summed E-state index contributed by atoms with van der Waals surface area (Å²) in [5.41, 5.74) is 0.730. The standard InChI is InChI=1S/C21H28O3.C8H18O.C3H9O3P/c1-21(2,24-15-9-12-18-10-5-3-6-11-18)16-19(22)17-23-20-13-7-4-8-14-20;1-7(2)8(3,4)5-6-9;1-3(2)7(4,5)6/h3-8,10-11,13-14,19,22H,9,12,15-17H2,1-2H3;7,9H,5-6H2,1-4H3;3H,1-2H3,(H2,4,5,6). The van der Waals surface area contributed by atoms with Crippen LogP contribution in [0.5, 0.6) is 5.75 Å². The summed E-state index contributed by atoms with van der Waals surface area (Å²) in [4.78, 5) is 16.4. The van der Waals surface area contributed by atoms with E-state index in [0.717, 1.165) is 25.0 Å². The molecule has 2 aromatic rings. The van der Waals surface area contributed by atoms with Gasteiger partial charge in [0, 0.05) is 19.6 Å². The Hall–Kier alpha value is -1.73. The van der Waals surface area contributed by atoms with Gasteiger partial charge in [-0.1, -0.05) is 90.1 Å². The number of rotatable bonds is 14. The molecule has 7 nitrogen and oxygen atoms in total. The Balaban J connectivity index is 0.000000781. The minimum Gasteiger partial charge on any atom is -0.491 e. The Kier molecular flexibility index (Phi) is 18.6. The van der Waals surface area contributed by atoms with Crippen molar-refractivity contribution in [2.45, 2.75) is 98.4 Å². The smallest absolute Gasteiger partial charge is 0.328 e. The molecule has 40 heavy (non-hydrogen) atoms. The predicted octanol–water partition coefficient (Wildman–Crippen LogP) is 6.87. The van der Waals surface area contributed by atoms with Crippen LogP contribution in [0.25, 0.3) is 0 Å². The highest BCUT2D eigenvalue weighted by atomic mass is 31.2. The predicted molar refractivity (Wildman–Crippen MR) is 165 cm³/mol. The van der Waals surface area contributed by atoms with Crippen LogP contribution in [0.15, 0.2) is 60.7 Å². The lowest BCUT2D eigenvalue weighted by molar-refractivity contribution is -0.0565. The molecule has 0 fully saturated rings. The molecule has 2 rings (SSSR count). The van der Waals surface area contributed by atoms with Gasteiger partial charge in [0.15, 0.2) is 0 Å². The van der Waals surface area contributed by atoms with E-state index in [2.05, 4.69) is 52.0 Å². The highest BCUT2D eigenvalue weighted by molar-refractivity contribution is 7.52. The number of hydrogen-bond acceptors (Lipinski definition) is 5. The largest absolute Gasteiger partial charge is 0.491 e.